The van der Waals surface area contributed by atoms with Gasteiger partial charge in [-0.2, -0.15) is 0 Å². The quantitative estimate of drug-likeness (QED) is 0.644. The first-order valence-electron chi connectivity index (χ1n) is 6.56. The van der Waals surface area contributed by atoms with Crippen LogP contribution < -0.4 is 13.7 Å². The Morgan fingerprint density at radius 1 is 0.762 bits per heavy atom. The van der Waals surface area contributed by atoms with Crippen molar-refractivity contribution in [1.82, 2.24) is 0 Å². The Labute approximate surface area is 135 Å². The molecule has 1 nitrogen and oxygen atoms in total. The van der Waals surface area contributed by atoms with Crippen molar-refractivity contribution >= 4 is 35.5 Å². The van der Waals surface area contributed by atoms with E-state index in [1.54, 1.807) is 0 Å². The van der Waals surface area contributed by atoms with E-state index in [2.05, 4.69) is 24.3 Å². The van der Waals surface area contributed by atoms with E-state index in [1.165, 1.54) is 4.46 Å². The van der Waals surface area contributed by atoms with Crippen molar-refractivity contribution in [3.05, 3.63) is 83.9 Å². The van der Waals surface area contributed by atoms with Gasteiger partial charge in [-0.1, -0.05) is 0 Å². The predicted molar refractivity (Wildman–Crippen MR) is 89.4 cm³/mol. The summed E-state index contributed by atoms with van der Waals surface area (Å²) in [4.78, 5) is 0. The Bertz CT molecular complexity index is 714. The number of ether oxygens (including phenoxy) is 1. The van der Waals surface area contributed by atoms with Crippen LogP contribution in [-0.2, 0) is 0 Å². The molecule has 3 aromatic carbocycles. The molecule has 21 heavy (non-hydrogen) atoms. The Morgan fingerprint density at radius 3 is 2.14 bits per heavy atom. The van der Waals surface area contributed by atoms with Crippen molar-refractivity contribution in [3.8, 4) is 11.5 Å². The van der Waals surface area contributed by atoms with E-state index in [1.807, 2.05) is 54.6 Å². The van der Waals surface area contributed by atoms with Crippen molar-refractivity contribution in [3.63, 3.8) is 0 Å². The van der Waals surface area contributed by atoms with Gasteiger partial charge in [0.2, 0.25) is 0 Å². The Balaban J connectivity index is 1.90. The van der Waals surface area contributed by atoms with Gasteiger partial charge < -0.3 is 0 Å². The van der Waals surface area contributed by atoms with Crippen LogP contribution in [0.15, 0.2) is 78.9 Å². The fraction of sp³-hybridized carbons (Fsp3) is 0. The molecule has 0 fully saturated rings. The number of benzene rings is 3. The molecule has 3 heteroatoms. The second kappa shape index (κ2) is 6.82. The Morgan fingerprint density at radius 2 is 1.43 bits per heavy atom. The molecule has 0 aromatic heterocycles. The number of halogens is 1. The standard InChI is InChI=1S/C18H13ClOSe/c19-14-11-12-17(20-15-7-3-1-4-8-15)18(13-14)21-16-9-5-2-6-10-16/h1-13H. The van der Waals surface area contributed by atoms with Gasteiger partial charge >= 0.3 is 136 Å². The second-order valence-electron chi connectivity index (χ2n) is 4.42. The van der Waals surface area contributed by atoms with E-state index < -0.39 is 0 Å². The maximum absolute atomic E-state index is 6.14. The summed E-state index contributed by atoms with van der Waals surface area (Å²) in [5, 5.41) is 0.739. The summed E-state index contributed by atoms with van der Waals surface area (Å²) < 4.78 is 8.43. The molecule has 0 spiro atoms. The van der Waals surface area contributed by atoms with Crippen LogP contribution in [0.1, 0.15) is 0 Å². The summed E-state index contributed by atoms with van der Waals surface area (Å²) in [6.07, 6.45) is 0. The van der Waals surface area contributed by atoms with Crippen LogP contribution >= 0.6 is 11.6 Å². The van der Waals surface area contributed by atoms with Crippen LogP contribution in [0, 0.1) is 0 Å². The van der Waals surface area contributed by atoms with Gasteiger partial charge in [-0.25, -0.2) is 0 Å². The van der Waals surface area contributed by atoms with Gasteiger partial charge in [-0.15, -0.1) is 0 Å². The summed E-state index contributed by atoms with van der Waals surface area (Å²) in [6.45, 7) is 0. The van der Waals surface area contributed by atoms with Crippen molar-refractivity contribution in [1.29, 1.82) is 0 Å². The average Bonchev–Trinajstić information content (AvgIpc) is 2.52. The summed E-state index contributed by atoms with van der Waals surface area (Å²) in [5.74, 6) is 1.71. The molecule has 3 aromatic rings. The first-order valence-corrected chi connectivity index (χ1v) is 8.66. The van der Waals surface area contributed by atoms with Gasteiger partial charge in [0.15, 0.2) is 0 Å². The van der Waals surface area contributed by atoms with Crippen molar-refractivity contribution in [2.24, 2.45) is 0 Å². The van der Waals surface area contributed by atoms with E-state index in [9.17, 15) is 0 Å². The minimum atomic E-state index is 0.163. The van der Waals surface area contributed by atoms with Crippen LogP contribution in [0.4, 0.5) is 0 Å². The monoisotopic (exact) mass is 360 g/mol. The molecule has 0 heterocycles. The molecule has 0 aliphatic rings. The van der Waals surface area contributed by atoms with Crippen LogP contribution in [0.25, 0.3) is 0 Å². The summed E-state index contributed by atoms with van der Waals surface area (Å²) in [7, 11) is 0. The van der Waals surface area contributed by atoms with Crippen LogP contribution in [-0.4, -0.2) is 15.0 Å². The van der Waals surface area contributed by atoms with Gasteiger partial charge in [0.25, 0.3) is 0 Å². The van der Waals surface area contributed by atoms with E-state index >= 15 is 0 Å². The molecule has 104 valence electrons. The summed E-state index contributed by atoms with van der Waals surface area (Å²) in [5.41, 5.74) is 0. The third-order valence-corrected chi connectivity index (χ3v) is 5.28. The molecule has 0 amide bonds. The molecule has 0 aliphatic carbocycles. The molecular weight excluding hydrogens is 347 g/mol. The Kier molecular flexibility index (Phi) is 4.62. The van der Waals surface area contributed by atoms with Gasteiger partial charge in [-0.05, 0) is 0 Å². The van der Waals surface area contributed by atoms with Crippen molar-refractivity contribution in [2.75, 3.05) is 0 Å². The normalized spacial score (nSPS) is 10.3. The molecule has 0 unspecified atom stereocenters. The first kappa shape index (κ1) is 14.2. The molecular formula is C18H13ClOSe. The third-order valence-electron chi connectivity index (χ3n) is 2.85. The molecule has 0 saturated heterocycles. The van der Waals surface area contributed by atoms with Crippen LogP contribution in [0.3, 0.4) is 0 Å². The zero-order valence-electron chi connectivity index (χ0n) is 11.2. The van der Waals surface area contributed by atoms with E-state index in [-0.39, 0.29) is 15.0 Å². The molecule has 0 atom stereocenters. The summed E-state index contributed by atoms with van der Waals surface area (Å²) in [6, 6.07) is 26.0. The second-order valence-corrected chi connectivity index (χ2v) is 7.20. The van der Waals surface area contributed by atoms with Gasteiger partial charge in [-0.3, -0.25) is 0 Å². The fourth-order valence-electron chi connectivity index (χ4n) is 1.88. The van der Waals surface area contributed by atoms with Gasteiger partial charge in [0, 0.05) is 0 Å². The van der Waals surface area contributed by atoms with Crippen molar-refractivity contribution < 1.29 is 4.74 Å². The molecule has 0 bridgehead atoms. The number of rotatable bonds is 4. The van der Waals surface area contributed by atoms with E-state index in [0.29, 0.717) is 0 Å². The molecule has 0 radical (unpaired) electrons. The SMILES string of the molecule is Clc1ccc(Oc2ccccc2)c([Se]c2ccccc2)c1. The molecule has 3 rings (SSSR count). The van der Waals surface area contributed by atoms with Crippen LogP contribution in [0.5, 0.6) is 11.5 Å². The van der Waals surface area contributed by atoms with Gasteiger partial charge in [0.1, 0.15) is 0 Å². The van der Waals surface area contributed by atoms with Gasteiger partial charge in [0.05, 0.1) is 0 Å². The average molecular weight is 360 g/mol. The predicted octanol–water partition coefficient (Wildman–Crippen LogP) is 3.79. The minimum absolute atomic E-state index is 0.163. The third kappa shape index (κ3) is 3.89. The number of hydrogen-bond donors (Lipinski definition) is 0. The summed E-state index contributed by atoms with van der Waals surface area (Å²) >= 11 is 6.30. The maximum atomic E-state index is 6.14. The fourth-order valence-corrected chi connectivity index (χ4v) is 4.18. The topological polar surface area (TPSA) is 9.23 Å². The zero-order valence-corrected chi connectivity index (χ0v) is 13.7. The molecule has 0 aliphatic heterocycles. The first-order chi connectivity index (χ1) is 10.3. The van der Waals surface area contributed by atoms with Crippen molar-refractivity contribution in [2.45, 2.75) is 0 Å². The van der Waals surface area contributed by atoms with E-state index in [0.717, 1.165) is 21.0 Å². The van der Waals surface area contributed by atoms with Crippen LogP contribution in [0.2, 0.25) is 5.02 Å². The van der Waals surface area contributed by atoms with E-state index in [4.69, 9.17) is 16.3 Å². The molecule has 0 N–H and O–H groups in total. The number of hydrogen-bond acceptors (Lipinski definition) is 1. The molecule has 0 saturated carbocycles. The zero-order chi connectivity index (χ0) is 14.5. The number of para-hydroxylation sites is 1. The Hall–Kier alpha value is -1.73.